The van der Waals surface area contributed by atoms with Crippen LogP contribution in [0.4, 0.5) is 0 Å². The molecule has 2 N–H and O–H groups in total. The lowest BCUT2D eigenvalue weighted by Crippen LogP contribution is -2.30. The highest BCUT2D eigenvalue weighted by Gasteiger charge is 2.43. The number of unbranched alkanes of at least 4 members (excludes halogenated alkanes) is 4. The standard InChI is InChI=1S/C26H45NO2/c1-2-3-6-12-23(28)13-14-24-25-19-21(18-22(25)20-26(24)29)11-7-4-8-15-27-16-9-5-10-17-27/h13-14,18,22-26,28-29H,2-12,15-17,19-20H2,1H3/b14-13+/t22-,23+,24+,25-,26+/m0/s1. The summed E-state index contributed by atoms with van der Waals surface area (Å²) >= 11 is 0. The van der Waals surface area contributed by atoms with Crippen molar-refractivity contribution in [3.05, 3.63) is 23.8 Å². The molecule has 5 atom stereocenters. The Kier molecular flexibility index (Phi) is 9.75. The largest absolute Gasteiger partial charge is 0.392 e. The van der Waals surface area contributed by atoms with E-state index in [1.54, 1.807) is 5.57 Å². The minimum absolute atomic E-state index is 0.230. The first kappa shape index (κ1) is 23.0. The van der Waals surface area contributed by atoms with Crippen LogP contribution in [0.5, 0.6) is 0 Å². The van der Waals surface area contributed by atoms with Crippen LogP contribution in [-0.2, 0) is 0 Å². The van der Waals surface area contributed by atoms with Gasteiger partial charge in [0, 0.05) is 5.92 Å². The number of hydrogen-bond donors (Lipinski definition) is 2. The first-order valence-electron chi connectivity index (χ1n) is 12.6. The maximum absolute atomic E-state index is 10.5. The predicted molar refractivity (Wildman–Crippen MR) is 122 cm³/mol. The molecule has 3 heteroatoms. The molecular formula is C26H45NO2. The van der Waals surface area contributed by atoms with Crippen molar-refractivity contribution in [1.82, 2.24) is 4.90 Å². The Morgan fingerprint density at radius 2 is 1.93 bits per heavy atom. The summed E-state index contributed by atoms with van der Waals surface area (Å²) in [4.78, 5) is 2.65. The maximum Gasteiger partial charge on any atom is 0.0721 e. The van der Waals surface area contributed by atoms with Crippen molar-refractivity contribution in [3.63, 3.8) is 0 Å². The molecule has 3 rings (SSSR count). The van der Waals surface area contributed by atoms with Gasteiger partial charge in [-0.15, -0.1) is 0 Å². The highest BCUT2D eigenvalue weighted by atomic mass is 16.3. The van der Waals surface area contributed by atoms with Crippen LogP contribution in [0.2, 0.25) is 0 Å². The molecule has 3 aliphatic rings. The van der Waals surface area contributed by atoms with Crippen LogP contribution in [0.1, 0.15) is 90.4 Å². The monoisotopic (exact) mass is 403 g/mol. The first-order chi connectivity index (χ1) is 14.2. The summed E-state index contributed by atoms with van der Waals surface area (Å²) < 4.78 is 0. The molecule has 166 valence electrons. The molecule has 1 saturated carbocycles. The number of aliphatic hydroxyl groups excluding tert-OH is 2. The van der Waals surface area contributed by atoms with Crippen molar-refractivity contribution >= 4 is 0 Å². The van der Waals surface area contributed by atoms with Crippen LogP contribution in [0.25, 0.3) is 0 Å². The van der Waals surface area contributed by atoms with Crippen LogP contribution >= 0.6 is 0 Å². The van der Waals surface area contributed by atoms with Crippen molar-refractivity contribution in [3.8, 4) is 0 Å². The third kappa shape index (κ3) is 7.22. The van der Waals surface area contributed by atoms with Gasteiger partial charge in [0.25, 0.3) is 0 Å². The van der Waals surface area contributed by atoms with Gasteiger partial charge in [-0.2, -0.15) is 0 Å². The molecular weight excluding hydrogens is 358 g/mol. The van der Waals surface area contributed by atoms with E-state index < -0.39 is 0 Å². The van der Waals surface area contributed by atoms with Gasteiger partial charge >= 0.3 is 0 Å². The average molecular weight is 404 g/mol. The lowest BCUT2D eigenvalue weighted by atomic mass is 9.88. The Hall–Kier alpha value is -0.640. The smallest absolute Gasteiger partial charge is 0.0721 e. The molecule has 0 aromatic carbocycles. The number of likely N-dealkylation sites (tertiary alicyclic amines) is 1. The number of fused-ring (bicyclic) bond motifs is 1. The van der Waals surface area contributed by atoms with Crippen molar-refractivity contribution in [2.75, 3.05) is 19.6 Å². The second-order valence-corrected chi connectivity index (χ2v) is 9.90. The lowest BCUT2D eigenvalue weighted by Gasteiger charge is -2.26. The Morgan fingerprint density at radius 3 is 2.72 bits per heavy atom. The first-order valence-corrected chi connectivity index (χ1v) is 12.6. The molecule has 0 spiro atoms. The van der Waals surface area contributed by atoms with Gasteiger partial charge < -0.3 is 15.1 Å². The molecule has 1 aliphatic heterocycles. The number of rotatable bonds is 12. The van der Waals surface area contributed by atoms with Crippen LogP contribution < -0.4 is 0 Å². The molecule has 0 unspecified atom stereocenters. The summed E-state index contributed by atoms with van der Waals surface area (Å²) in [5, 5.41) is 20.7. The van der Waals surface area contributed by atoms with E-state index in [0.717, 1.165) is 25.7 Å². The maximum atomic E-state index is 10.5. The number of allylic oxidation sites excluding steroid dienone is 2. The lowest BCUT2D eigenvalue weighted by molar-refractivity contribution is 0.139. The highest BCUT2D eigenvalue weighted by molar-refractivity contribution is 5.21. The summed E-state index contributed by atoms with van der Waals surface area (Å²) in [5.41, 5.74) is 1.63. The molecule has 1 saturated heterocycles. The fraction of sp³-hybridized carbons (Fsp3) is 0.846. The summed E-state index contributed by atoms with van der Waals surface area (Å²) in [7, 11) is 0. The van der Waals surface area contributed by atoms with E-state index >= 15 is 0 Å². The van der Waals surface area contributed by atoms with Gasteiger partial charge in [0.15, 0.2) is 0 Å². The minimum Gasteiger partial charge on any atom is -0.392 e. The third-order valence-corrected chi connectivity index (χ3v) is 7.53. The second-order valence-electron chi connectivity index (χ2n) is 9.90. The molecule has 0 bridgehead atoms. The van der Waals surface area contributed by atoms with Crippen molar-refractivity contribution in [2.45, 2.75) is 103 Å². The fourth-order valence-electron chi connectivity index (χ4n) is 5.79. The molecule has 0 radical (unpaired) electrons. The number of hydrogen-bond acceptors (Lipinski definition) is 3. The Labute approximate surface area is 179 Å². The van der Waals surface area contributed by atoms with Gasteiger partial charge in [-0.05, 0) is 82.8 Å². The zero-order valence-electron chi connectivity index (χ0n) is 18.8. The quantitative estimate of drug-likeness (QED) is 0.335. The number of aliphatic hydroxyl groups is 2. The molecule has 0 aromatic heterocycles. The molecule has 2 fully saturated rings. The van der Waals surface area contributed by atoms with Gasteiger partial charge in [0.1, 0.15) is 0 Å². The molecule has 29 heavy (non-hydrogen) atoms. The summed E-state index contributed by atoms with van der Waals surface area (Å²) in [5.74, 6) is 1.35. The van der Waals surface area contributed by atoms with Crippen molar-refractivity contribution < 1.29 is 10.2 Å². The minimum atomic E-state index is -0.346. The summed E-state index contributed by atoms with van der Waals surface area (Å²) in [6.45, 7) is 6.12. The second kappa shape index (κ2) is 12.3. The van der Waals surface area contributed by atoms with Crippen LogP contribution in [0, 0.1) is 17.8 Å². The Morgan fingerprint density at radius 1 is 1.10 bits per heavy atom. The molecule has 0 aromatic rings. The van der Waals surface area contributed by atoms with Crippen molar-refractivity contribution in [1.29, 1.82) is 0 Å². The SMILES string of the molecule is CCCCC[C@@H](O)/C=C/[C@@H]1[C@H]2CC(CCCCCN3CCCCC3)=C[C@H]2C[C@H]1O. The normalized spacial score (nSPS) is 31.3. The van der Waals surface area contributed by atoms with E-state index in [2.05, 4.69) is 24.0 Å². The van der Waals surface area contributed by atoms with E-state index in [4.69, 9.17) is 0 Å². The van der Waals surface area contributed by atoms with Gasteiger partial charge in [-0.25, -0.2) is 0 Å². The Bertz CT molecular complexity index is 523. The fourth-order valence-corrected chi connectivity index (χ4v) is 5.79. The topological polar surface area (TPSA) is 43.7 Å². The molecule has 0 amide bonds. The zero-order chi connectivity index (χ0) is 20.5. The van der Waals surface area contributed by atoms with Crippen molar-refractivity contribution in [2.24, 2.45) is 17.8 Å². The predicted octanol–water partition coefficient (Wildman–Crippen LogP) is 5.47. The molecule has 2 aliphatic carbocycles. The van der Waals surface area contributed by atoms with Gasteiger partial charge in [-0.3, -0.25) is 0 Å². The van der Waals surface area contributed by atoms with E-state index in [1.807, 2.05) is 6.08 Å². The molecule has 3 nitrogen and oxygen atoms in total. The van der Waals surface area contributed by atoms with Gasteiger partial charge in [0.2, 0.25) is 0 Å². The van der Waals surface area contributed by atoms with Crippen LogP contribution in [-0.4, -0.2) is 47.0 Å². The molecule has 1 heterocycles. The number of piperidine rings is 1. The summed E-state index contributed by atoms with van der Waals surface area (Å²) in [6.07, 6.45) is 21.9. The summed E-state index contributed by atoms with van der Waals surface area (Å²) in [6, 6.07) is 0. The van der Waals surface area contributed by atoms with Crippen LogP contribution in [0.3, 0.4) is 0 Å². The van der Waals surface area contributed by atoms with E-state index in [0.29, 0.717) is 11.8 Å². The van der Waals surface area contributed by atoms with E-state index in [1.165, 1.54) is 77.4 Å². The highest BCUT2D eigenvalue weighted by Crippen LogP contribution is 2.48. The average Bonchev–Trinajstić information content (AvgIpc) is 3.23. The van der Waals surface area contributed by atoms with Gasteiger partial charge in [0.05, 0.1) is 12.2 Å². The Balaban J connectivity index is 1.34. The van der Waals surface area contributed by atoms with E-state index in [-0.39, 0.29) is 18.1 Å². The van der Waals surface area contributed by atoms with E-state index in [9.17, 15) is 10.2 Å². The van der Waals surface area contributed by atoms with Crippen LogP contribution in [0.15, 0.2) is 23.8 Å². The number of nitrogens with zero attached hydrogens (tertiary/aromatic N) is 1. The van der Waals surface area contributed by atoms with Gasteiger partial charge in [-0.1, -0.05) is 62.8 Å². The zero-order valence-corrected chi connectivity index (χ0v) is 18.8. The third-order valence-electron chi connectivity index (χ3n) is 7.53.